The Labute approximate surface area is 107 Å². The van der Waals surface area contributed by atoms with Crippen LogP contribution in [0.3, 0.4) is 0 Å². The maximum absolute atomic E-state index is 10.9. The molecular weight excluding hydrogens is 230 g/mol. The first kappa shape index (κ1) is 12.9. The second kappa shape index (κ2) is 5.40. The van der Waals surface area contributed by atoms with Crippen LogP contribution in [0.15, 0.2) is 18.2 Å². The van der Waals surface area contributed by atoms with E-state index in [9.17, 15) is 4.79 Å². The number of fused-ring (bicyclic) bond motifs is 1. The number of aryl methyl sites for hydroxylation is 1. The predicted molar refractivity (Wildman–Crippen MR) is 68.7 cm³/mol. The molecule has 0 aromatic heterocycles. The van der Waals surface area contributed by atoms with Crippen molar-refractivity contribution in [1.82, 2.24) is 0 Å². The standard InChI is InChI=1S/C14H19NO3/c1-2-13(14(16)17)18-10-7-6-9-4-3-5-12(15)11(9)8-10/h6-8,12-13H,2-5,15H2,1H3,(H,16,17)/t12-,13?/m1/s1. The van der Waals surface area contributed by atoms with Crippen LogP contribution in [0.5, 0.6) is 5.75 Å². The van der Waals surface area contributed by atoms with Crippen LogP contribution in [0.25, 0.3) is 0 Å². The second-order valence-corrected chi connectivity index (χ2v) is 4.71. The van der Waals surface area contributed by atoms with Crippen LogP contribution in [0.4, 0.5) is 0 Å². The van der Waals surface area contributed by atoms with Gasteiger partial charge in [0.25, 0.3) is 0 Å². The minimum Gasteiger partial charge on any atom is -0.479 e. The van der Waals surface area contributed by atoms with Gasteiger partial charge in [-0.15, -0.1) is 0 Å². The number of ether oxygens (including phenoxy) is 1. The highest BCUT2D eigenvalue weighted by Gasteiger charge is 2.20. The highest BCUT2D eigenvalue weighted by atomic mass is 16.5. The highest BCUT2D eigenvalue weighted by Crippen LogP contribution is 2.31. The third-order valence-corrected chi connectivity index (χ3v) is 3.40. The minimum atomic E-state index is -0.931. The van der Waals surface area contributed by atoms with Crippen molar-refractivity contribution >= 4 is 5.97 Å². The van der Waals surface area contributed by atoms with Crippen LogP contribution in [-0.4, -0.2) is 17.2 Å². The number of carboxylic acids is 1. The van der Waals surface area contributed by atoms with E-state index in [0.717, 1.165) is 24.8 Å². The van der Waals surface area contributed by atoms with E-state index in [1.807, 2.05) is 18.2 Å². The van der Waals surface area contributed by atoms with E-state index in [2.05, 4.69) is 0 Å². The quantitative estimate of drug-likeness (QED) is 0.858. The van der Waals surface area contributed by atoms with Crippen molar-refractivity contribution in [2.75, 3.05) is 0 Å². The van der Waals surface area contributed by atoms with Gasteiger partial charge in [0, 0.05) is 6.04 Å². The van der Waals surface area contributed by atoms with Gasteiger partial charge >= 0.3 is 5.97 Å². The normalized spacial score (nSPS) is 20.0. The van der Waals surface area contributed by atoms with Gasteiger partial charge in [-0.3, -0.25) is 0 Å². The molecule has 2 atom stereocenters. The summed E-state index contributed by atoms with van der Waals surface area (Å²) in [5, 5.41) is 8.98. The Bertz CT molecular complexity index is 445. The van der Waals surface area contributed by atoms with Crippen LogP contribution < -0.4 is 10.5 Å². The topological polar surface area (TPSA) is 72.5 Å². The van der Waals surface area contributed by atoms with Crippen molar-refractivity contribution in [2.45, 2.75) is 44.8 Å². The summed E-state index contributed by atoms with van der Waals surface area (Å²) >= 11 is 0. The summed E-state index contributed by atoms with van der Waals surface area (Å²) in [4.78, 5) is 10.9. The fourth-order valence-electron chi connectivity index (χ4n) is 2.36. The molecule has 0 spiro atoms. The summed E-state index contributed by atoms with van der Waals surface area (Å²) in [7, 11) is 0. The van der Waals surface area contributed by atoms with Gasteiger partial charge < -0.3 is 15.6 Å². The first-order valence-corrected chi connectivity index (χ1v) is 6.39. The molecule has 1 aromatic carbocycles. The van der Waals surface area contributed by atoms with Crippen molar-refractivity contribution in [3.8, 4) is 5.75 Å². The zero-order chi connectivity index (χ0) is 13.1. The third-order valence-electron chi connectivity index (χ3n) is 3.40. The molecule has 0 amide bonds. The lowest BCUT2D eigenvalue weighted by molar-refractivity contribution is -0.145. The molecule has 1 aliphatic carbocycles. The molecule has 0 bridgehead atoms. The smallest absolute Gasteiger partial charge is 0.344 e. The Morgan fingerprint density at radius 3 is 3.06 bits per heavy atom. The van der Waals surface area contributed by atoms with Crippen LogP contribution in [-0.2, 0) is 11.2 Å². The van der Waals surface area contributed by atoms with Crippen LogP contribution in [0.2, 0.25) is 0 Å². The summed E-state index contributed by atoms with van der Waals surface area (Å²) in [5.74, 6) is -0.333. The van der Waals surface area contributed by atoms with E-state index < -0.39 is 12.1 Å². The van der Waals surface area contributed by atoms with Gasteiger partial charge in [0.1, 0.15) is 5.75 Å². The SMILES string of the molecule is CCC(Oc1ccc2c(c1)[C@H](N)CCC2)C(=O)O. The molecule has 1 aromatic rings. The van der Waals surface area contributed by atoms with Crippen molar-refractivity contribution in [1.29, 1.82) is 0 Å². The summed E-state index contributed by atoms with van der Waals surface area (Å²) in [6, 6.07) is 5.77. The molecule has 2 rings (SSSR count). The van der Waals surface area contributed by atoms with Gasteiger partial charge in [0.15, 0.2) is 6.10 Å². The monoisotopic (exact) mass is 249 g/mol. The lowest BCUT2D eigenvalue weighted by Gasteiger charge is -2.23. The molecule has 4 nitrogen and oxygen atoms in total. The summed E-state index contributed by atoms with van der Waals surface area (Å²) in [6.45, 7) is 1.79. The summed E-state index contributed by atoms with van der Waals surface area (Å²) < 4.78 is 5.48. The zero-order valence-electron chi connectivity index (χ0n) is 10.6. The van der Waals surface area contributed by atoms with Gasteiger partial charge in [0.05, 0.1) is 0 Å². The Morgan fingerprint density at radius 2 is 2.39 bits per heavy atom. The second-order valence-electron chi connectivity index (χ2n) is 4.71. The van der Waals surface area contributed by atoms with Crippen LogP contribution >= 0.6 is 0 Å². The Morgan fingerprint density at radius 1 is 1.61 bits per heavy atom. The number of hydrogen-bond acceptors (Lipinski definition) is 3. The highest BCUT2D eigenvalue weighted by molar-refractivity contribution is 5.72. The molecule has 98 valence electrons. The number of carbonyl (C=O) groups is 1. The Balaban J connectivity index is 2.20. The van der Waals surface area contributed by atoms with Gasteiger partial charge in [-0.1, -0.05) is 13.0 Å². The van der Waals surface area contributed by atoms with E-state index in [4.69, 9.17) is 15.6 Å². The van der Waals surface area contributed by atoms with E-state index in [1.54, 1.807) is 6.92 Å². The van der Waals surface area contributed by atoms with Gasteiger partial charge in [-0.05, 0) is 48.9 Å². The molecule has 3 N–H and O–H groups in total. The molecule has 0 radical (unpaired) electrons. The molecule has 0 saturated carbocycles. The number of nitrogens with two attached hydrogens (primary N) is 1. The van der Waals surface area contributed by atoms with Crippen molar-refractivity contribution in [2.24, 2.45) is 5.73 Å². The number of hydrogen-bond donors (Lipinski definition) is 2. The third kappa shape index (κ3) is 2.64. The Hall–Kier alpha value is -1.55. The fraction of sp³-hybridized carbons (Fsp3) is 0.500. The number of aliphatic carboxylic acids is 1. The van der Waals surface area contributed by atoms with Crippen molar-refractivity contribution in [3.05, 3.63) is 29.3 Å². The maximum Gasteiger partial charge on any atom is 0.344 e. The molecule has 1 aliphatic rings. The van der Waals surface area contributed by atoms with Gasteiger partial charge in [-0.25, -0.2) is 4.79 Å². The minimum absolute atomic E-state index is 0.0437. The number of carboxylic acid groups (broad SMARTS) is 1. The Kier molecular flexibility index (Phi) is 3.87. The molecule has 0 saturated heterocycles. The molecule has 0 heterocycles. The molecule has 0 aliphatic heterocycles. The predicted octanol–water partition coefficient (Wildman–Crippen LogP) is 2.26. The zero-order valence-corrected chi connectivity index (χ0v) is 10.6. The fourth-order valence-corrected chi connectivity index (χ4v) is 2.36. The van der Waals surface area contributed by atoms with E-state index in [1.165, 1.54) is 5.56 Å². The van der Waals surface area contributed by atoms with E-state index >= 15 is 0 Å². The van der Waals surface area contributed by atoms with Gasteiger partial charge in [-0.2, -0.15) is 0 Å². The maximum atomic E-state index is 10.9. The van der Waals surface area contributed by atoms with E-state index in [0.29, 0.717) is 12.2 Å². The van der Waals surface area contributed by atoms with Crippen LogP contribution in [0.1, 0.15) is 43.4 Å². The van der Waals surface area contributed by atoms with Crippen LogP contribution in [0, 0.1) is 0 Å². The summed E-state index contributed by atoms with van der Waals surface area (Å²) in [5.41, 5.74) is 8.42. The molecular formula is C14H19NO3. The number of rotatable bonds is 4. The van der Waals surface area contributed by atoms with Crippen molar-refractivity contribution < 1.29 is 14.6 Å². The van der Waals surface area contributed by atoms with Gasteiger partial charge in [0.2, 0.25) is 0 Å². The largest absolute Gasteiger partial charge is 0.479 e. The lowest BCUT2D eigenvalue weighted by atomic mass is 9.88. The van der Waals surface area contributed by atoms with E-state index in [-0.39, 0.29) is 6.04 Å². The molecule has 0 fully saturated rings. The molecule has 1 unspecified atom stereocenters. The average molecular weight is 249 g/mol. The first-order chi connectivity index (χ1) is 8.61. The number of benzene rings is 1. The average Bonchev–Trinajstić information content (AvgIpc) is 2.36. The summed E-state index contributed by atoms with van der Waals surface area (Å²) in [6.07, 6.45) is 2.79. The molecule has 4 heteroatoms. The lowest BCUT2D eigenvalue weighted by Crippen LogP contribution is -2.26. The van der Waals surface area contributed by atoms with Crippen molar-refractivity contribution in [3.63, 3.8) is 0 Å². The molecule has 18 heavy (non-hydrogen) atoms. The first-order valence-electron chi connectivity index (χ1n) is 6.39.